The SMILES string of the molecule is COC(C)(C)O.OCC1CCC(O)O1. The van der Waals surface area contributed by atoms with Crippen LogP contribution in [0.5, 0.6) is 0 Å². The molecular formula is C9H20O5. The zero-order valence-corrected chi connectivity index (χ0v) is 8.93. The van der Waals surface area contributed by atoms with Gasteiger partial charge in [-0.1, -0.05) is 0 Å². The molecule has 1 saturated heterocycles. The minimum Gasteiger partial charge on any atom is -0.394 e. The van der Waals surface area contributed by atoms with Crippen molar-refractivity contribution < 1.29 is 24.8 Å². The Balaban J connectivity index is 0.000000255. The number of aliphatic hydroxyl groups is 3. The summed E-state index contributed by atoms with van der Waals surface area (Å²) in [5.74, 6) is -0.958. The first-order valence-electron chi connectivity index (χ1n) is 4.61. The first-order valence-corrected chi connectivity index (χ1v) is 4.61. The van der Waals surface area contributed by atoms with Crippen LogP contribution in [0.1, 0.15) is 26.7 Å². The van der Waals surface area contributed by atoms with Gasteiger partial charge in [-0.05, 0) is 20.3 Å². The largest absolute Gasteiger partial charge is 0.394 e. The van der Waals surface area contributed by atoms with Gasteiger partial charge in [0.25, 0.3) is 0 Å². The molecule has 1 heterocycles. The highest BCUT2D eigenvalue weighted by atomic mass is 16.6. The first kappa shape index (κ1) is 13.8. The summed E-state index contributed by atoms with van der Waals surface area (Å²) in [6.07, 6.45) is 0.681. The zero-order valence-electron chi connectivity index (χ0n) is 8.93. The molecule has 0 radical (unpaired) electrons. The molecule has 1 fully saturated rings. The predicted octanol–water partition coefficient (Wildman–Crippen LogP) is -0.163. The lowest BCUT2D eigenvalue weighted by atomic mass is 10.2. The average molecular weight is 208 g/mol. The van der Waals surface area contributed by atoms with Gasteiger partial charge in [0.1, 0.15) is 0 Å². The van der Waals surface area contributed by atoms with Crippen molar-refractivity contribution in [2.75, 3.05) is 13.7 Å². The molecule has 0 amide bonds. The summed E-state index contributed by atoms with van der Waals surface area (Å²) < 4.78 is 9.31. The van der Waals surface area contributed by atoms with Crippen molar-refractivity contribution in [3.8, 4) is 0 Å². The summed E-state index contributed by atoms with van der Waals surface area (Å²) in [5, 5.41) is 25.7. The number of ether oxygens (including phenoxy) is 2. The fraction of sp³-hybridized carbons (Fsp3) is 1.00. The second-order valence-corrected chi connectivity index (χ2v) is 3.62. The molecule has 0 aromatic heterocycles. The Morgan fingerprint density at radius 2 is 1.93 bits per heavy atom. The monoisotopic (exact) mass is 208 g/mol. The number of hydrogen-bond acceptors (Lipinski definition) is 5. The van der Waals surface area contributed by atoms with E-state index in [1.165, 1.54) is 7.11 Å². The van der Waals surface area contributed by atoms with E-state index in [0.717, 1.165) is 6.42 Å². The lowest BCUT2D eigenvalue weighted by Gasteiger charge is -2.12. The van der Waals surface area contributed by atoms with Crippen LogP contribution in [0.4, 0.5) is 0 Å². The maximum atomic E-state index is 8.70. The molecule has 0 aliphatic carbocycles. The molecule has 0 bridgehead atoms. The lowest BCUT2D eigenvalue weighted by molar-refractivity contribution is -0.155. The van der Waals surface area contributed by atoms with Crippen molar-refractivity contribution in [2.45, 2.75) is 44.9 Å². The summed E-state index contributed by atoms with van der Waals surface area (Å²) in [6.45, 7) is 3.18. The van der Waals surface area contributed by atoms with Crippen molar-refractivity contribution in [1.29, 1.82) is 0 Å². The Bertz CT molecular complexity index is 143. The van der Waals surface area contributed by atoms with Gasteiger partial charge in [-0.25, -0.2) is 0 Å². The van der Waals surface area contributed by atoms with E-state index in [4.69, 9.17) is 20.1 Å². The van der Waals surface area contributed by atoms with E-state index in [9.17, 15) is 0 Å². The van der Waals surface area contributed by atoms with E-state index in [1.54, 1.807) is 13.8 Å². The second-order valence-electron chi connectivity index (χ2n) is 3.62. The van der Waals surface area contributed by atoms with Crippen molar-refractivity contribution in [3.05, 3.63) is 0 Å². The minimum atomic E-state index is -0.958. The maximum Gasteiger partial charge on any atom is 0.159 e. The third-order valence-corrected chi connectivity index (χ3v) is 1.79. The van der Waals surface area contributed by atoms with E-state index in [1.807, 2.05) is 0 Å². The highest BCUT2D eigenvalue weighted by molar-refractivity contribution is 4.64. The Labute approximate surface area is 84.3 Å². The summed E-state index contributed by atoms with van der Waals surface area (Å²) in [5.41, 5.74) is 0. The Hall–Kier alpha value is -0.200. The van der Waals surface area contributed by atoms with Crippen LogP contribution < -0.4 is 0 Å². The molecule has 14 heavy (non-hydrogen) atoms. The topological polar surface area (TPSA) is 79.2 Å². The molecule has 1 aliphatic heterocycles. The minimum absolute atomic E-state index is 0.0249. The fourth-order valence-corrected chi connectivity index (χ4v) is 0.821. The molecule has 2 atom stereocenters. The summed E-state index contributed by atoms with van der Waals surface area (Å²) in [6, 6.07) is 0. The fourth-order valence-electron chi connectivity index (χ4n) is 0.821. The first-order chi connectivity index (χ1) is 6.39. The van der Waals surface area contributed by atoms with E-state index >= 15 is 0 Å². The second kappa shape index (κ2) is 6.31. The van der Waals surface area contributed by atoms with Gasteiger partial charge in [0, 0.05) is 13.5 Å². The van der Waals surface area contributed by atoms with Crippen LogP contribution >= 0.6 is 0 Å². The normalized spacial score (nSPS) is 27.0. The van der Waals surface area contributed by atoms with E-state index < -0.39 is 12.1 Å². The van der Waals surface area contributed by atoms with Crippen LogP contribution in [-0.2, 0) is 9.47 Å². The molecule has 3 N–H and O–H groups in total. The Morgan fingerprint density at radius 3 is 2.07 bits per heavy atom. The van der Waals surface area contributed by atoms with Gasteiger partial charge in [-0.2, -0.15) is 0 Å². The van der Waals surface area contributed by atoms with Crippen LogP contribution in [0, 0.1) is 0 Å². The van der Waals surface area contributed by atoms with Gasteiger partial charge in [0.15, 0.2) is 12.1 Å². The quantitative estimate of drug-likeness (QED) is 0.549. The van der Waals surface area contributed by atoms with Gasteiger partial charge >= 0.3 is 0 Å². The van der Waals surface area contributed by atoms with E-state index in [0.29, 0.717) is 6.42 Å². The number of methoxy groups -OCH3 is 1. The van der Waals surface area contributed by atoms with E-state index in [-0.39, 0.29) is 12.7 Å². The number of rotatable bonds is 2. The third kappa shape index (κ3) is 7.23. The number of hydrogen-bond donors (Lipinski definition) is 3. The molecule has 0 spiro atoms. The van der Waals surface area contributed by atoms with Gasteiger partial charge < -0.3 is 24.8 Å². The Morgan fingerprint density at radius 1 is 1.43 bits per heavy atom. The van der Waals surface area contributed by atoms with Crippen molar-refractivity contribution in [2.24, 2.45) is 0 Å². The molecule has 0 aromatic carbocycles. The molecule has 5 nitrogen and oxygen atoms in total. The molecule has 86 valence electrons. The molecule has 5 heteroatoms. The van der Waals surface area contributed by atoms with Crippen LogP contribution in [0.25, 0.3) is 0 Å². The van der Waals surface area contributed by atoms with Crippen molar-refractivity contribution in [3.63, 3.8) is 0 Å². The Kier molecular flexibility index (Phi) is 6.22. The molecule has 1 rings (SSSR count). The van der Waals surface area contributed by atoms with Crippen LogP contribution in [-0.4, -0.2) is 47.2 Å². The average Bonchev–Trinajstić information content (AvgIpc) is 2.51. The molecule has 0 saturated carbocycles. The third-order valence-electron chi connectivity index (χ3n) is 1.79. The highest BCUT2D eigenvalue weighted by Crippen LogP contribution is 2.16. The number of aliphatic hydroxyl groups excluding tert-OH is 2. The molecule has 2 unspecified atom stereocenters. The highest BCUT2D eigenvalue weighted by Gasteiger charge is 2.21. The summed E-state index contributed by atoms with van der Waals surface area (Å²) >= 11 is 0. The zero-order chi connectivity index (χ0) is 11.2. The van der Waals surface area contributed by atoms with E-state index in [2.05, 4.69) is 4.74 Å². The van der Waals surface area contributed by atoms with Gasteiger partial charge in [-0.3, -0.25) is 0 Å². The molecule has 0 aromatic rings. The van der Waals surface area contributed by atoms with Crippen molar-refractivity contribution in [1.82, 2.24) is 0 Å². The van der Waals surface area contributed by atoms with Gasteiger partial charge in [0.2, 0.25) is 0 Å². The maximum absolute atomic E-state index is 8.70. The van der Waals surface area contributed by atoms with Crippen LogP contribution in [0.3, 0.4) is 0 Å². The van der Waals surface area contributed by atoms with Crippen molar-refractivity contribution >= 4 is 0 Å². The van der Waals surface area contributed by atoms with Gasteiger partial charge in [-0.15, -0.1) is 0 Å². The molecule has 1 aliphatic rings. The van der Waals surface area contributed by atoms with Crippen LogP contribution in [0.2, 0.25) is 0 Å². The smallest absolute Gasteiger partial charge is 0.159 e. The summed E-state index contributed by atoms with van der Waals surface area (Å²) in [7, 11) is 1.46. The standard InChI is InChI=1S/C5H10O3.C4H10O2/c6-3-4-1-2-5(7)8-4;1-4(2,5)6-3/h4-7H,1-3H2;5H,1-3H3. The predicted molar refractivity (Wildman–Crippen MR) is 50.5 cm³/mol. The lowest BCUT2D eigenvalue weighted by Crippen LogP contribution is -2.20. The molecular weight excluding hydrogens is 188 g/mol. The summed E-state index contributed by atoms with van der Waals surface area (Å²) in [4.78, 5) is 0. The van der Waals surface area contributed by atoms with Crippen LogP contribution in [0.15, 0.2) is 0 Å². The van der Waals surface area contributed by atoms with Gasteiger partial charge in [0.05, 0.1) is 12.7 Å².